The summed E-state index contributed by atoms with van der Waals surface area (Å²) in [7, 11) is 0. The molecule has 2 amide bonds. The molecule has 3 aromatic carbocycles. The van der Waals surface area contributed by atoms with Crippen LogP contribution in [0.4, 0.5) is 10.5 Å². The Hall–Kier alpha value is -3.64. The number of hydrogen-bond acceptors (Lipinski definition) is 3. The minimum absolute atomic E-state index is 0.184. The van der Waals surface area contributed by atoms with E-state index in [4.69, 9.17) is 11.6 Å². The molecule has 0 saturated heterocycles. The normalized spacial score (nSPS) is 10.8. The molecule has 6 nitrogen and oxygen atoms in total. The van der Waals surface area contributed by atoms with Crippen molar-refractivity contribution in [2.75, 3.05) is 5.32 Å². The van der Waals surface area contributed by atoms with Gasteiger partial charge in [-0.15, -0.1) is 0 Å². The van der Waals surface area contributed by atoms with E-state index in [0.717, 1.165) is 11.1 Å². The third-order valence-electron chi connectivity index (χ3n) is 4.99. The van der Waals surface area contributed by atoms with Crippen LogP contribution in [0.25, 0.3) is 10.9 Å². The molecule has 7 heteroatoms. The summed E-state index contributed by atoms with van der Waals surface area (Å²) in [5, 5.41) is 6.61. The van der Waals surface area contributed by atoms with Gasteiger partial charge in [0.1, 0.15) is 5.82 Å². The fraction of sp³-hybridized carbons (Fsp3) is 0.125. The quantitative estimate of drug-likeness (QED) is 0.478. The number of halogens is 1. The zero-order valence-electron chi connectivity index (χ0n) is 16.9. The molecule has 4 rings (SSSR count). The maximum atomic E-state index is 13.2. The van der Waals surface area contributed by atoms with Crippen LogP contribution in [-0.4, -0.2) is 15.6 Å². The van der Waals surface area contributed by atoms with Crippen molar-refractivity contribution in [3.8, 4) is 0 Å². The standard InChI is InChI=1S/C24H21ClN4O2/c1-16-27-22-12-11-19(28-24(31)26-14-17-7-3-2-4-8-17)13-20(22)23(30)29(16)15-18-9-5-6-10-21(18)25/h2-13H,14-15H2,1H3,(H2,26,28,31). The van der Waals surface area contributed by atoms with Crippen LogP contribution < -0.4 is 16.2 Å². The summed E-state index contributed by atoms with van der Waals surface area (Å²) in [6.07, 6.45) is 0. The molecule has 156 valence electrons. The van der Waals surface area contributed by atoms with Crippen molar-refractivity contribution in [1.29, 1.82) is 0 Å². The Balaban J connectivity index is 1.57. The molecule has 0 saturated carbocycles. The summed E-state index contributed by atoms with van der Waals surface area (Å²) in [5.74, 6) is 0.596. The molecule has 31 heavy (non-hydrogen) atoms. The third-order valence-corrected chi connectivity index (χ3v) is 5.35. The SMILES string of the molecule is Cc1nc2ccc(NC(=O)NCc3ccccc3)cc2c(=O)n1Cc1ccccc1Cl. The fourth-order valence-corrected chi connectivity index (χ4v) is 3.54. The van der Waals surface area contributed by atoms with Gasteiger partial charge in [-0.25, -0.2) is 9.78 Å². The number of hydrogen-bond donors (Lipinski definition) is 2. The van der Waals surface area contributed by atoms with E-state index in [9.17, 15) is 9.59 Å². The number of aryl methyl sites for hydroxylation is 1. The van der Waals surface area contributed by atoms with Crippen LogP contribution in [0.5, 0.6) is 0 Å². The topological polar surface area (TPSA) is 76.0 Å². The summed E-state index contributed by atoms with van der Waals surface area (Å²) in [6.45, 7) is 2.52. The Kier molecular flexibility index (Phi) is 6.00. The molecule has 0 unspecified atom stereocenters. The van der Waals surface area contributed by atoms with E-state index >= 15 is 0 Å². The lowest BCUT2D eigenvalue weighted by molar-refractivity contribution is 0.251. The largest absolute Gasteiger partial charge is 0.334 e. The number of amides is 2. The molecule has 1 aromatic heterocycles. The molecule has 0 aliphatic rings. The fourth-order valence-electron chi connectivity index (χ4n) is 3.35. The van der Waals surface area contributed by atoms with Crippen LogP contribution in [-0.2, 0) is 13.1 Å². The summed E-state index contributed by atoms with van der Waals surface area (Å²) in [6, 6.07) is 21.8. The van der Waals surface area contributed by atoms with Crippen molar-refractivity contribution < 1.29 is 4.79 Å². The molecule has 0 bridgehead atoms. The minimum Gasteiger partial charge on any atom is -0.334 e. The van der Waals surface area contributed by atoms with E-state index < -0.39 is 0 Å². The van der Waals surface area contributed by atoms with Gasteiger partial charge in [0.25, 0.3) is 5.56 Å². The van der Waals surface area contributed by atoms with Gasteiger partial charge in [-0.3, -0.25) is 9.36 Å². The second kappa shape index (κ2) is 9.02. The molecule has 4 aromatic rings. The van der Waals surface area contributed by atoms with Crippen molar-refractivity contribution in [1.82, 2.24) is 14.9 Å². The molecule has 0 aliphatic carbocycles. The van der Waals surface area contributed by atoms with Crippen LogP contribution >= 0.6 is 11.6 Å². The highest BCUT2D eigenvalue weighted by Crippen LogP contribution is 2.18. The van der Waals surface area contributed by atoms with Crippen LogP contribution in [0.1, 0.15) is 17.0 Å². The van der Waals surface area contributed by atoms with Crippen molar-refractivity contribution in [2.45, 2.75) is 20.0 Å². The van der Waals surface area contributed by atoms with Gasteiger partial charge in [0.05, 0.1) is 17.4 Å². The zero-order valence-corrected chi connectivity index (χ0v) is 17.7. The predicted octanol–water partition coefficient (Wildman–Crippen LogP) is 4.73. The van der Waals surface area contributed by atoms with Gasteiger partial charge in [-0.1, -0.05) is 60.1 Å². The van der Waals surface area contributed by atoms with E-state index in [1.807, 2.05) is 48.5 Å². The smallest absolute Gasteiger partial charge is 0.319 e. The second-order valence-electron chi connectivity index (χ2n) is 7.17. The molecule has 0 aliphatic heterocycles. The van der Waals surface area contributed by atoms with Crippen molar-refractivity contribution >= 4 is 34.2 Å². The number of urea groups is 1. The van der Waals surface area contributed by atoms with Crippen LogP contribution in [0.15, 0.2) is 77.6 Å². The summed E-state index contributed by atoms with van der Waals surface area (Å²) < 4.78 is 1.59. The predicted molar refractivity (Wildman–Crippen MR) is 124 cm³/mol. The zero-order chi connectivity index (χ0) is 21.8. The van der Waals surface area contributed by atoms with Gasteiger partial charge < -0.3 is 10.6 Å². The number of nitrogens with zero attached hydrogens (tertiary/aromatic N) is 2. The minimum atomic E-state index is -0.348. The first-order valence-electron chi connectivity index (χ1n) is 9.84. The maximum Gasteiger partial charge on any atom is 0.319 e. The van der Waals surface area contributed by atoms with Gasteiger partial charge in [-0.05, 0) is 42.3 Å². The molecule has 2 N–H and O–H groups in total. The lowest BCUT2D eigenvalue weighted by atomic mass is 10.2. The van der Waals surface area contributed by atoms with E-state index in [0.29, 0.717) is 40.5 Å². The average molecular weight is 433 g/mol. The van der Waals surface area contributed by atoms with Crippen LogP contribution in [0.3, 0.4) is 0 Å². The monoisotopic (exact) mass is 432 g/mol. The van der Waals surface area contributed by atoms with E-state index in [-0.39, 0.29) is 11.6 Å². The summed E-state index contributed by atoms with van der Waals surface area (Å²) in [5.41, 5.74) is 2.75. The third kappa shape index (κ3) is 4.75. The Morgan fingerprint density at radius 2 is 1.77 bits per heavy atom. The highest BCUT2D eigenvalue weighted by Gasteiger charge is 2.12. The van der Waals surface area contributed by atoms with E-state index in [1.54, 1.807) is 35.8 Å². The number of rotatable bonds is 5. The number of nitrogens with one attached hydrogen (secondary N) is 2. The number of carbonyl (C=O) groups excluding carboxylic acids is 1. The Labute approximate surface area is 184 Å². The summed E-state index contributed by atoms with van der Waals surface area (Å²) >= 11 is 6.26. The number of anilines is 1. The average Bonchev–Trinajstić information content (AvgIpc) is 2.77. The van der Waals surface area contributed by atoms with Gasteiger partial charge in [0.2, 0.25) is 0 Å². The first kappa shape index (κ1) is 20.6. The molecule has 0 spiro atoms. The molecular weight excluding hydrogens is 412 g/mol. The molecular formula is C24H21ClN4O2. The highest BCUT2D eigenvalue weighted by molar-refractivity contribution is 6.31. The lowest BCUT2D eigenvalue weighted by Crippen LogP contribution is -2.28. The number of aromatic nitrogens is 2. The maximum absolute atomic E-state index is 13.2. The molecule has 0 radical (unpaired) electrons. The Bertz CT molecular complexity index is 1300. The van der Waals surface area contributed by atoms with Gasteiger partial charge in [0, 0.05) is 17.3 Å². The Morgan fingerprint density at radius 1 is 1.03 bits per heavy atom. The first-order valence-corrected chi connectivity index (χ1v) is 10.2. The second-order valence-corrected chi connectivity index (χ2v) is 7.57. The lowest BCUT2D eigenvalue weighted by Gasteiger charge is -2.13. The van der Waals surface area contributed by atoms with Crippen molar-refractivity contribution in [3.63, 3.8) is 0 Å². The molecule has 1 heterocycles. The van der Waals surface area contributed by atoms with Gasteiger partial charge >= 0.3 is 6.03 Å². The van der Waals surface area contributed by atoms with E-state index in [2.05, 4.69) is 15.6 Å². The van der Waals surface area contributed by atoms with Crippen LogP contribution in [0.2, 0.25) is 5.02 Å². The number of fused-ring (bicyclic) bond motifs is 1. The van der Waals surface area contributed by atoms with Crippen LogP contribution in [0, 0.1) is 6.92 Å². The number of carbonyl (C=O) groups is 1. The molecule has 0 atom stereocenters. The molecule has 0 fully saturated rings. The van der Waals surface area contributed by atoms with Gasteiger partial charge in [-0.2, -0.15) is 0 Å². The van der Waals surface area contributed by atoms with E-state index in [1.165, 1.54) is 0 Å². The Morgan fingerprint density at radius 3 is 2.55 bits per heavy atom. The number of benzene rings is 3. The van der Waals surface area contributed by atoms with Crippen molar-refractivity contribution in [2.24, 2.45) is 0 Å². The van der Waals surface area contributed by atoms with Crippen molar-refractivity contribution in [3.05, 3.63) is 105 Å². The highest BCUT2D eigenvalue weighted by atomic mass is 35.5. The summed E-state index contributed by atoms with van der Waals surface area (Å²) in [4.78, 5) is 30.0. The first-order chi connectivity index (χ1) is 15.0. The van der Waals surface area contributed by atoms with Gasteiger partial charge in [0.15, 0.2) is 0 Å².